The number of carbonyl (C=O) groups excluding carboxylic acids is 1. The highest BCUT2D eigenvalue weighted by Crippen LogP contribution is 2.26. The molecule has 0 aliphatic carbocycles. The van der Waals surface area contributed by atoms with Crippen molar-refractivity contribution < 1.29 is 4.79 Å². The Morgan fingerprint density at radius 2 is 2.17 bits per heavy atom. The van der Waals surface area contributed by atoms with Gasteiger partial charge in [-0.15, -0.1) is 11.3 Å². The molecule has 0 spiro atoms. The highest BCUT2D eigenvalue weighted by Gasteiger charge is 2.09. The summed E-state index contributed by atoms with van der Waals surface area (Å²) in [7, 11) is 0. The zero-order chi connectivity index (χ0) is 16.2. The fourth-order valence-electron chi connectivity index (χ4n) is 2.20. The molecule has 2 aromatic heterocycles. The summed E-state index contributed by atoms with van der Waals surface area (Å²) in [5.41, 5.74) is 3.77. The van der Waals surface area contributed by atoms with E-state index >= 15 is 0 Å². The molecule has 0 radical (unpaired) electrons. The highest BCUT2D eigenvalue weighted by atomic mass is 35.5. The van der Waals surface area contributed by atoms with Crippen LogP contribution in [0.25, 0.3) is 11.3 Å². The number of nitrogens with one attached hydrogen (secondary N) is 1. The number of nitrogens with zero attached hydrogens (tertiary/aromatic N) is 2. The van der Waals surface area contributed by atoms with Gasteiger partial charge in [-0.2, -0.15) is 0 Å². The summed E-state index contributed by atoms with van der Waals surface area (Å²) in [6.45, 7) is 2.01. The maximum Gasteiger partial charge on any atom is 0.230 e. The summed E-state index contributed by atoms with van der Waals surface area (Å²) in [4.78, 5) is 20.5. The molecule has 1 aromatic carbocycles. The summed E-state index contributed by atoms with van der Waals surface area (Å²) >= 11 is 7.27. The number of hydrogen-bond acceptors (Lipinski definition) is 4. The standard InChI is InChI=1S/C17H14ClN3OS/c1-11-3-2-4-12(7-11)8-16(22)21-17-20-14(10-23-17)13-5-6-19-15(18)9-13/h2-7,9-10H,8H2,1H3,(H,20,21,22). The van der Waals surface area contributed by atoms with Crippen molar-refractivity contribution >= 4 is 34.0 Å². The minimum absolute atomic E-state index is 0.0794. The number of amides is 1. The van der Waals surface area contributed by atoms with Crippen molar-refractivity contribution in [3.05, 3.63) is 64.3 Å². The first-order chi connectivity index (χ1) is 11.1. The van der Waals surface area contributed by atoms with E-state index in [0.717, 1.165) is 22.4 Å². The fraction of sp³-hybridized carbons (Fsp3) is 0.118. The maximum atomic E-state index is 12.1. The third-order valence-corrected chi connectivity index (χ3v) is 4.18. The number of rotatable bonds is 4. The van der Waals surface area contributed by atoms with Gasteiger partial charge in [-0.25, -0.2) is 9.97 Å². The Bertz CT molecular complexity index is 847. The predicted molar refractivity (Wildman–Crippen MR) is 93.9 cm³/mol. The number of anilines is 1. The Hall–Kier alpha value is -2.24. The first-order valence-electron chi connectivity index (χ1n) is 7.03. The second kappa shape index (κ2) is 6.89. The van der Waals surface area contributed by atoms with E-state index in [1.165, 1.54) is 11.3 Å². The van der Waals surface area contributed by atoms with Crippen molar-refractivity contribution in [3.8, 4) is 11.3 Å². The molecule has 0 unspecified atom stereocenters. The van der Waals surface area contributed by atoms with Crippen LogP contribution >= 0.6 is 22.9 Å². The zero-order valence-electron chi connectivity index (χ0n) is 12.4. The molecule has 0 bridgehead atoms. The van der Waals surface area contributed by atoms with Gasteiger partial charge in [0.2, 0.25) is 5.91 Å². The van der Waals surface area contributed by atoms with Crippen LogP contribution in [0.2, 0.25) is 5.15 Å². The van der Waals surface area contributed by atoms with E-state index in [9.17, 15) is 4.79 Å². The third-order valence-electron chi connectivity index (χ3n) is 3.22. The van der Waals surface area contributed by atoms with E-state index in [1.54, 1.807) is 12.3 Å². The van der Waals surface area contributed by atoms with Gasteiger partial charge in [0.05, 0.1) is 12.1 Å². The Morgan fingerprint density at radius 1 is 1.30 bits per heavy atom. The number of thiazole rings is 1. The van der Waals surface area contributed by atoms with E-state index in [4.69, 9.17) is 11.6 Å². The summed E-state index contributed by atoms with van der Waals surface area (Å²) in [5.74, 6) is -0.0794. The summed E-state index contributed by atoms with van der Waals surface area (Å²) in [6.07, 6.45) is 1.96. The van der Waals surface area contributed by atoms with Gasteiger partial charge in [-0.3, -0.25) is 4.79 Å². The van der Waals surface area contributed by atoms with E-state index in [2.05, 4.69) is 15.3 Å². The monoisotopic (exact) mass is 343 g/mol. The van der Waals surface area contributed by atoms with Crippen molar-refractivity contribution in [2.75, 3.05) is 5.32 Å². The number of aromatic nitrogens is 2. The molecule has 0 aliphatic rings. The molecule has 0 aliphatic heterocycles. The van der Waals surface area contributed by atoms with Gasteiger partial charge in [0.1, 0.15) is 5.15 Å². The van der Waals surface area contributed by atoms with Crippen LogP contribution in [-0.4, -0.2) is 15.9 Å². The molecular formula is C17H14ClN3OS. The molecule has 6 heteroatoms. The van der Waals surface area contributed by atoms with Gasteiger partial charge in [0.15, 0.2) is 5.13 Å². The smallest absolute Gasteiger partial charge is 0.230 e. The molecule has 0 fully saturated rings. The van der Waals surface area contributed by atoms with Crippen molar-refractivity contribution in [2.45, 2.75) is 13.3 Å². The molecule has 3 aromatic rings. The van der Waals surface area contributed by atoms with E-state index in [1.807, 2.05) is 42.6 Å². The van der Waals surface area contributed by atoms with Crippen molar-refractivity contribution in [1.29, 1.82) is 0 Å². The molecule has 23 heavy (non-hydrogen) atoms. The predicted octanol–water partition coefficient (Wildman–Crippen LogP) is 4.35. The zero-order valence-corrected chi connectivity index (χ0v) is 14.0. The Balaban J connectivity index is 1.68. The first-order valence-corrected chi connectivity index (χ1v) is 8.29. The van der Waals surface area contributed by atoms with Gasteiger partial charge in [-0.05, 0) is 24.6 Å². The SMILES string of the molecule is Cc1cccc(CC(=O)Nc2nc(-c3ccnc(Cl)c3)cs2)c1. The van der Waals surface area contributed by atoms with Gasteiger partial charge in [0, 0.05) is 17.1 Å². The van der Waals surface area contributed by atoms with Crippen LogP contribution in [0, 0.1) is 6.92 Å². The largest absolute Gasteiger partial charge is 0.302 e. The van der Waals surface area contributed by atoms with Crippen LogP contribution in [0.15, 0.2) is 48.0 Å². The normalized spacial score (nSPS) is 10.5. The minimum atomic E-state index is -0.0794. The first kappa shape index (κ1) is 15.6. The molecule has 0 atom stereocenters. The summed E-state index contributed by atoms with van der Waals surface area (Å²) < 4.78 is 0. The summed E-state index contributed by atoms with van der Waals surface area (Å²) in [5, 5.41) is 5.71. The number of hydrogen-bond donors (Lipinski definition) is 1. The topological polar surface area (TPSA) is 54.9 Å². The van der Waals surface area contributed by atoms with Crippen LogP contribution in [0.1, 0.15) is 11.1 Å². The average molecular weight is 344 g/mol. The number of aryl methyl sites for hydroxylation is 1. The van der Waals surface area contributed by atoms with Gasteiger partial charge in [0.25, 0.3) is 0 Å². The molecule has 0 saturated heterocycles. The number of pyridine rings is 1. The van der Waals surface area contributed by atoms with Crippen LogP contribution < -0.4 is 5.32 Å². The second-order valence-electron chi connectivity index (χ2n) is 5.12. The van der Waals surface area contributed by atoms with Gasteiger partial charge >= 0.3 is 0 Å². The fourth-order valence-corrected chi connectivity index (χ4v) is 3.11. The molecule has 1 N–H and O–H groups in total. The van der Waals surface area contributed by atoms with Crippen LogP contribution in [-0.2, 0) is 11.2 Å². The third kappa shape index (κ3) is 4.15. The second-order valence-corrected chi connectivity index (χ2v) is 6.36. The van der Waals surface area contributed by atoms with Crippen LogP contribution in [0.4, 0.5) is 5.13 Å². The lowest BCUT2D eigenvalue weighted by Gasteiger charge is -2.03. The van der Waals surface area contributed by atoms with Crippen molar-refractivity contribution in [1.82, 2.24) is 9.97 Å². The molecule has 1 amide bonds. The maximum absolute atomic E-state index is 12.1. The van der Waals surface area contributed by atoms with Crippen LogP contribution in [0.5, 0.6) is 0 Å². The number of benzene rings is 1. The molecular weight excluding hydrogens is 330 g/mol. The molecule has 0 saturated carbocycles. The Kier molecular flexibility index (Phi) is 4.69. The molecule has 4 nitrogen and oxygen atoms in total. The van der Waals surface area contributed by atoms with Crippen molar-refractivity contribution in [3.63, 3.8) is 0 Å². The molecule has 2 heterocycles. The summed E-state index contributed by atoms with van der Waals surface area (Å²) in [6, 6.07) is 11.5. The minimum Gasteiger partial charge on any atom is -0.302 e. The Morgan fingerprint density at radius 3 is 2.96 bits per heavy atom. The average Bonchev–Trinajstić information content (AvgIpc) is 2.95. The van der Waals surface area contributed by atoms with Gasteiger partial charge in [-0.1, -0.05) is 41.4 Å². The van der Waals surface area contributed by atoms with Crippen molar-refractivity contribution in [2.24, 2.45) is 0 Å². The van der Waals surface area contributed by atoms with E-state index < -0.39 is 0 Å². The lowest BCUT2D eigenvalue weighted by Crippen LogP contribution is -2.14. The molecule has 116 valence electrons. The number of carbonyl (C=O) groups is 1. The van der Waals surface area contributed by atoms with E-state index in [0.29, 0.717) is 16.7 Å². The lowest BCUT2D eigenvalue weighted by molar-refractivity contribution is -0.115. The molecule has 3 rings (SSSR count). The van der Waals surface area contributed by atoms with E-state index in [-0.39, 0.29) is 5.91 Å². The highest BCUT2D eigenvalue weighted by molar-refractivity contribution is 7.14. The van der Waals surface area contributed by atoms with Gasteiger partial charge < -0.3 is 5.32 Å². The Labute approximate surface area is 143 Å². The number of halogens is 1. The van der Waals surface area contributed by atoms with Crippen LogP contribution in [0.3, 0.4) is 0 Å². The quantitative estimate of drug-likeness (QED) is 0.716. The lowest BCUT2D eigenvalue weighted by atomic mass is 10.1.